The summed E-state index contributed by atoms with van der Waals surface area (Å²) >= 11 is 0. The number of ether oxygens (including phenoxy) is 1. The first-order valence-corrected chi connectivity index (χ1v) is 9.99. The van der Waals surface area contributed by atoms with Gasteiger partial charge in [0.2, 0.25) is 5.91 Å². The van der Waals surface area contributed by atoms with Crippen molar-refractivity contribution < 1.29 is 14.3 Å². The summed E-state index contributed by atoms with van der Waals surface area (Å²) in [4.78, 5) is 31.7. The van der Waals surface area contributed by atoms with Gasteiger partial charge in [-0.1, -0.05) is 18.2 Å². The smallest absolute Gasteiger partial charge is 0.255 e. The maximum absolute atomic E-state index is 12.9. The molecular weight excluding hydrogens is 356 g/mol. The van der Waals surface area contributed by atoms with Crippen molar-refractivity contribution in [3.05, 3.63) is 48.5 Å². The topological polar surface area (TPSA) is 76.5 Å². The summed E-state index contributed by atoms with van der Waals surface area (Å²) in [6.45, 7) is 1.74. The Balaban J connectivity index is 1.34. The van der Waals surface area contributed by atoms with Crippen LogP contribution in [0.2, 0.25) is 0 Å². The highest BCUT2D eigenvalue weighted by Crippen LogP contribution is 2.41. The highest BCUT2D eigenvalue weighted by Gasteiger charge is 2.48. The lowest BCUT2D eigenvalue weighted by Crippen LogP contribution is -2.54. The number of para-hydroxylation sites is 1. The quantitative estimate of drug-likeness (QED) is 0.885. The van der Waals surface area contributed by atoms with Gasteiger partial charge >= 0.3 is 0 Å². The highest BCUT2D eigenvalue weighted by molar-refractivity contribution is 5.94. The number of anilines is 1. The molecule has 1 aliphatic carbocycles. The molecule has 3 heterocycles. The molecule has 0 unspecified atom stereocenters. The van der Waals surface area contributed by atoms with Crippen LogP contribution in [0.3, 0.4) is 0 Å². The van der Waals surface area contributed by atoms with E-state index in [1.54, 1.807) is 6.20 Å². The van der Waals surface area contributed by atoms with Gasteiger partial charge in [0.25, 0.3) is 5.91 Å². The van der Waals surface area contributed by atoms with Crippen LogP contribution >= 0.6 is 0 Å². The summed E-state index contributed by atoms with van der Waals surface area (Å²) in [6, 6.07) is 9.41. The molecule has 1 atom stereocenters. The van der Waals surface area contributed by atoms with Crippen LogP contribution in [-0.4, -0.2) is 45.5 Å². The number of nitrogens with one attached hydrogen (secondary N) is 1. The number of likely N-dealkylation sites (tertiary alicyclic amines) is 1. The van der Waals surface area contributed by atoms with Crippen LogP contribution in [0.25, 0.3) is 0 Å². The van der Waals surface area contributed by atoms with Crippen LogP contribution in [0.5, 0.6) is 0 Å². The molecule has 2 aliphatic heterocycles. The number of amides is 2. The fourth-order valence-corrected chi connectivity index (χ4v) is 4.30. The molecule has 28 heavy (non-hydrogen) atoms. The Labute approximate surface area is 163 Å². The van der Waals surface area contributed by atoms with Gasteiger partial charge in [0.05, 0.1) is 6.54 Å². The molecule has 1 saturated heterocycles. The van der Waals surface area contributed by atoms with Crippen LogP contribution in [0.15, 0.2) is 42.7 Å². The molecule has 5 rings (SSSR count). The van der Waals surface area contributed by atoms with Gasteiger partial charge in [-0.2, -0.15) is 0 Å². The molecule has 2 fully saturated rings. The summed E-state index contributed by atoms with van der Waals surface area (Å²) in [6.07, 6.45) is 6.44. The lowest BCUT2D eigenvalue weighted by atomic mass is 9.88. The molecule has 1 aromatic heterocycles. The predicted octanol–water partition coefficient (Wildman–Crippen LogP) is 2.15. The van der Waals surface area contributed by atoms with Crippen molar-refractivity contribution in [3.8, 4) is 0 Å². The average Bonchev–Trinajstić information content (AvgIpc) is 3.46. The fourth-order valence-electron chi connectivity index (χ4n) is 4.30. The number of hydrogen-bond donors (Lipinski definition) is 1. The molecule has 2 aromatic rings. The Morgan fingerprint density at radius 3 is 2.61 bits per heavy atom. The minimum atomic E-state index is -0.610. The van der Waals surface area contributed by atoms with Crippen molar-refractivity contribution in [3.63, 3.8) is 0 Å². The van der Waals surface area contributed by atoms with Gasteiger partial charge in [0, 0.05) is 49.9 Å². The normalized spacial score (nSPS) is 23.3. The van der Waals surface area contributed by atoms with Gasteiger partial charge in [0.1, 0.15) is 11.4 Å². The minimum Gasteiger partial charge on any atom is -0.352 e. The van der Waals surface area contributed by atoms with Crippen LogP contribution in [-0.2, 0) is 26.5 Å². The molecule has 1 saturated carbocycles. The molecule has 1 aromatic carbocycles. The maximum atomic E-state index is 12.9. The largest absolute Gasteiger partial charge is 0.352 e. The number of nitrogens with zero attached hydrogens (tertiary/aromatic N) is 3. The monoisotopic (exact) mass is 380 g/mol. The van der Waals surface area contributed by atoms with Crippen molar-refractivity contribution in [2.75, 3.05) is 18.4 Å². The van der Waals surface area contributed by atoms with Gasteiger partial charge < -0.3 is 19.5 Å². The third-order valence-electron chi connectivity index (χ3n) is 6.00. The van der Waals surface area contributed by atoms with E-state index >= 15 is 0 Å². The van der Waals surface area contributed by atoms with E-state index in [2.05, 4.69) is 10.3 Å². The first-order valence-electron chi connectivity index (χ1n) is 9.99. The Morgan fingerprint density at radius 1 is 1.14 bits per heavy atom. The Bertz CT molecular complexity index is 882. The number of carbonyl (C=O) groups excluding carboxylic acids is 2. The number of carbonyl (C=O) groups is 2. The molecular formula is C21H24N4O3. The van der Waals surface area contributed by atoms with Crippen LogP contribution in [0, 0.1) is 5.92 Å². The van der Waals surface area contributed by atoms with E-state index in [9.17, 15) is 9.59 Å². The van der Waals surface area contributed by atoms with Crippen LogP contribution in [0.4, 0.5) is 5.69 Å². The zero-order valence-electron chi connectivity index (χ0n) is 15.7. The fraction of sp³-hybridized carbons (Fsp3) is 0.476. The van der Waals surface area contributed by atoms with Crippen molar-refractivity contribution >= 4 is 17.5 Å². The molecule has 3 aliphatic rings. The maximum Gasteiger partial charge on any atom is 0.255 e. The number of hydrogen-bond acceptors (Lipinski definition) is 4. The molecule has 146 valence electrons. The summed E-state index contributed by atoms with van der Waals surface area (Å²) in [7, 11) is 0. The van der Waals surface area contributed by atoms with E-state index in [4.69, 9.17) is 4.74 Å². The summed E-state index contributed by atoms with van der Waals surface area (Å²) in [5, 5.41) is 2.94. The van der Waals surface area contributed by atoms with Crippen LogP contribution in [0.1, 0.15) is 31.5 Å². The Hall–Kier alpha value is -2.67. The number of benzene rings is 1. The summed E-state index contributed by atoms with van der Waals surface area (Å²) in [5.41, 5.74) is 0.146. The summed E-state index contributed by atoms with van der Waals surface area (Å²) < 4.78 is 8.43. The first-order chi connectivity index (χ1) is 13.6. The number of aromatic nitrogens is 2. The second-order valence-corrected chi connectivity index (χ2v) is 7.96. The second-order valence-electron chi connectivity index (χ2n) is 7.96. The van der Waals surface area contributed by atoms with Crippen molar-refractivity contribution in [1.82, 2.24) is 14.5 Å². The predicted molar refractivity (Wildman–Crippen MR) is 102 cm³/mol. The third-order valence-corrected chi connectivity index (χ3v) is 6.00. The van der Waals surface area contributed by atoms with Gasteiger partial charge in [-0.3, -0.25) is 9.59 Å². The zero-order chi connectivity index (χ0) is 19.1. The van der Waals surface area contributed by atoms with E-state index in [1.807, 2.05) is 46.0 Å². The van der Waals surface area contributed by atoms with E-state index in [0.717, 1.165) is 24.4 Å². The molecule has 1 spiro atoms. The lowest BCUT2D eigenvalue weighted by Gasteiger charge is -2.45. The van der Waals surface area contributed by atoms with E-state index in [0.29, 0.717) is 32.5 Å². The lowest BCUT2D eigenvalue weighted by molar-refractivity contribution is -0.172. The number of imidazole rings is 1. The van der Waals surface area contributed by atoms with E-state index < -0.39 is 11.7 Å². The van der Waals surface area contributed by atoms with Crippen molar-refractivity contribution in [2.45, 2.75) is 43.9 Å². The molecule has 2 amide bonds. The number of fused-ring (bicyclic) bond motifs is 2. The molecule has 7 nitrogen and oxygen atoms in total. The second kappa shape index (κ2) is 6.74. The van der Waals surface area contributed by atoms with E-state index in [-0.39, 0.29) is 17.7 Å². The third kappa shape index (κ3) is 3.09. The molecule has 1 N–H and O–H groups in total. The van der Waals surface area contributed by atoms with Crippen LogP contribution < -0.4 is 5.32 Å². The molecule has 7 heteroatoms. The highest BCUT2D eigenvalue weighted by atomic mass is 16.5. The van der Waals surface area contributed by atoms with Crippen molar-refractivity contribution in [1.29, 1.82) is 0 Å². The standard InChI is InChI=1S/C21H24N4O3/c26-18(23-16-4-2-1-3-5-16)17-14-25-13-10-22-20(25)21(28-17)8-11-24(12-9-21)19(27)15-6-7-15/h1-5,10,13,15,17H,6-9,11-12,14H2,(H,23,26)/t17-/m0/s1. The van der Waals surface area contributed by atoms with Crippen molar-refractivity contribution in [2.24, 2.45) is 5.92 Å². The Kier molecular flexibility index (Phi) is 4.19. The van der Waals surface area contributed by atoms with Gasteiger partial charge in [-0.05, 0) is 25.0 Å². The Morgan fingerprint density at radius 2 is 1.89 bits per heavy atom. The SMILES string of the molecule is O=C(Nc1ccccc1)[C@@H]1Cn2ccnc2C2(CCN(C(=O)C3CC3)CC2)O1. The van der Waals surface area contributed by atoms with Gasteiger partial charge in [-0.15, -0.1) is 0 Å². The first kappa shape index (κ1) is 17.4. The van der Waals surface area contributed by atoms with E-state index in [1.165, 1.54) is 0 Å². The number of piperidine rings is 1. The minimum absolute atomic E-state index is 0.151. The van der Waals surface area contributed by atoms with Gasteiger partial charge in [0.15, 0.2) is 6.10 Å². The average molecular weight is 380 g/mol. The zero-order valence-corrected chi connectivity index (χ0v) is 15.7. The number of rotatable bonds is 3. The molecule has 0 bridgehead atoms. The summed E-state index contributed by atoms with van der Waals surface area (Å²) in [5.74, 6) is 1.22. The molecule has 0 radical (unpaired) electrons. The van der Waals surface area contributed by atoms with Gasteiger partial charge in [-0.25, -0.2) is 4.98 Å².